The summed E-state index contributed by atoms with van der Waals surface area (Å²) in [6.45, 7) is 3.90. The fourth-order valence-electron chi connectivity index (χ4n) is 3.42. The summed E-state index contributed by atoms with van der Waals surface area (Å²) in [5.41, 5.74) is 0.691. The first kappa shape index (κ1) is 26.3. The van der Waals surface area contributed by atoms with Gasteiger partial charge in [-0.05, 0) is 30.0 Å². The lowest BCUT2D eigenvalue weighted by Crippen LogP contribution is -2.60. The van der Waals surface area contributed by atoms with Gasteiger partial charge in [0.25, 0.3) is 0 Å². The smallest absolute Gasteiger partial charge is 0.306 e. The van der Waals surface area contributed by atoms with Crippen LogP contribution in [0.1, 0.15) is 51.5 Å². The maximum Gasteiger partial charge on any atom is 0.306 e. The molecule has 9 nitrogen and oxygen atoms in total. The van der Waals surface area contributed by atoms with Crippen molar-refractivity contribution in [1.82, 2.24) is 0 Å². The van der Waals surface area contributed by atoms with Gasteiger partial charge in [-0.2, -0.15) is 0 Å². The Morgan fingerprint density at radius 1 is 1.06 bits per heavy atom. The van der Waals surface area contributed by atoms with Gasteiger partial charge in [0.15, 0.2) is 11.5 Å². The second-order valence-corrected chi connectivity index (χ2v) is 8.45. The molecule has 1 aromatic rings. The molecule has 0 spiro atoms. The number of esters is 1. The van der Waals surface area contributed by atoms with Crippen molar-refractivity contribution in [2.75, 3.05) is 13.7 Å². The van der Waals surface area contributed by atoms with E-state index in [1.165, 1.54) is 7.11 Å². The van der Waals surface area contributed by atoms with Gasteiger partial charge in [0.2, 0.25) is 6.29 Å². The molecule has 1 heterocycles. The first-order valence-electron chi connectivity index (χ1n) is 11.1. The van der Waals surface area contributed by atoms with Crippen LogP contribution >= 0.6 is 0 Å². The van der Waals surface area contributed by atoms with Gasteiger partial charge in [-0.15, -0.1) is 0 Å². The van der Waals surface area contributed by atoms with E-state index in [0.29, 0.717) is 23.7 Å². The number of benzene rings is 1. The molecule has 1 unspecified atom stereocenters. The Hall–Kier alpha value is -1.91. The minimum Gasteiger partial charge on any atom is -0.493 e. The molecule has 1 aliphatic heterocycles. The third-order valence-electron chi connectivity index (χ3n) is 5.38. The molecular weight excluding hydrogens is 420 g/mol. The normalized spacial score (nSPS) is 25.6. The summed E-state index contributed by atoms with van der Waals surface area (Å²) >= 11 is 0. The average Bonchev–Trinajstić information content (AvgIpc) is 2.78. The quantitative estimate of drug-likeness (QED) is 0.273. The standard InChI is InChI=1S/C23H36O9/c1-14(2)7-5-4-6-8-19(25)30-13-15-9-10-16(17(11-15)29-3)31-23-22(28)21(27)20(26)18(12-24)32-23/h9-11,14,18,20-24,26-28H,4-8,12-13H2,1-3H3/t18-,20-,21+,22-,23?/m1/s1. The maximum atomic E-state index is 12.0. The lowest BCUT2D eigenvalue weighted by atomic mass is 9.99. The Bertz CT molecular complexity index is 707. The molecule has 1 aromatic carbocycles. The zero-order valence-electron chi connectivity index (χ0n) is 19.0. The van der Waals surface area contributed by atoms with Crippen LogP contribution in [-0.2, 0) is 20.9 Å². The second kappa shape index (κ2) is 13.0. The molecule has 0 saturated carbocycles. The van der Waals surface area contributed by atoms with Crippen LogP contribution in [0.3, 0.4) is 0 Å². The molecule has 1 fully saturated rings. The Balaban J connectivity index is 1.89. The minimum atomic E-state index is -1.54. The van der Waals surface area contributed by atoms with E-state index in [1.54, 1.807) is 18.2 Å². The molecule has 9 heteroatoms. The molecule has 0 radical (unpaired) electrons. The Morgan fingerprint density at radius 3 is 2.47 bits per heavy atom. The van der Waals surface area contributed by atoms with Crippen molar-refractivity contribution in [1.29, 1.82) is 0 Å². The first-order valence-corrected chi connectivity index (χ1v) is 11.1. The van der Waals surface area contributed by atoms with Gasteiger partial charge in [0.05, 0.1) is 13.7 Å². The van der Waals surface area contributed by atoms with E-state index < -0.39 is 37.3 Å². The van der Waals surface area contributed by atoms with Gasteiger partial charge in [-0.3, -0.25) is 4.79 Å². The topological polar surface area (TPSA) is 135 Å². The lowest BCUT2D eigenvalue weighted by molar-refractivity contribution is -0.277. The summed E-state index contributed by atoms with van der Waals surface area (Å²) in [5, 5.41) is 39.2. The first-order chi connectivity index (χ1) is 15.3. The van der Waals surface area contributed by atoms with Gasteiger partial charge >= 0.3 is 5.97 Å². The number of hydrogen-bond acceptors (Lipinski definition) is 9. The third kappa shape index (κ3) is 7.60. The Morgan fingerprint density at radius 2 is 1.81 bits per heavy atom. The van der Waals surface area contributed by atoms with E-state index in [-0.39, 0.29) is 18.3 Å². The van der Waals surface area contributed by atoms with Crippen molar-refractivity contribution >= 4 is 5.97 Å². The van der Waals surface area contributed by atoms with Crippen molar-refractivity contribution in [3.63, 3.8) is 0 Å². The molecule has 0 aromatic heterocycles. The predicted molar refractivity (Wildman–Crippen MR) is 115 cm³/mol. The second-order valence-electron chi connectivity index (χ2n) is 8.45. The summed E-state index contributed by atoms with van der Waals surface area (Å²) in [6, 6.07) is 4.88. The largest absolute Gasteiger partial charge is 0.493 e. The highest BCUT2D eigenvalue weighted by molar-refractivity contribution is 5.69. The number of carbonyl (C=O) groups is 1. The van der Waals surface area contributed by atoms with Gasteiger partial charge in [0.1, 0.15) is 31.0 Å². The van der Waals surface area contributed by atoms with Crippen LogP contribution in [-0.4, -0.2) is 70.8 Å². The summed E-state index contributed by atoms with van der Waals surface area (Å²) in [7, 11) is 1.43. The lowest BCUT2D eigenvalue weighted by Gasteiger charge is -2.39. The highest BCUT2D eigenvalue weighted by Gasteiger charge is 2.44. The molecular formula is C23H36O9. The summed E-state index contributed by atoms with van der Waals surface area (Å²) in [4.78, 5) is 12.0. The highest BCUT2D eigenvalue weighted by Crippen LogP contribution is 2.32. The zero-order valence-corrected chi connectivity index (χ0v) is 19.0. The molecule has 5 atom stereocenters. The summed E-state index contributed by atoms with van der Waals surface area (Å²) in [6.07, 6.45) is -2.47. The van der Waals surface area contributed by atoms with Crippen LogP contribution in [0.4, 0.5) is 0 Å². The summed E-state index contributed by atoms with van der Waals surface area (Å²) < 4.78 is 21.6. The summed E-state index contributed by atoms with van der Waals surface area (Å²) in [5.74, 6) is 0.945. The van der Waals surface area contributed by atoms with Crippen LogP contribution in [0.5, 0.6) is 11.5 Å². The molecule has 2 rings (SSSR count). The van der Waals surface area contributed by atoms with Crippen LogP contribution in [0.2, 0.25) is 0 Å². The molecule has 182 valence electrons. The average molecular weight is 457 g/mol. The van der Waals surface area contributed by atoms with Crippen molar-refractivity contribution in [3.8, 4) is 11.5 Å². The van der Waals surface area contributed by atoms with Crippen molar-refractivity contribution in [2.45, 2.75) is 83.3 Å². The number of methoxy groups -OCH3 is 1. The molecule has 4 N–H and O–H groups in total. The van der Waals surface area contributed by atoms with Gasteiger partial charge in [-0.1, -0.05) is 39.2 Å². The van der Waals surface area contributed by atoms with E-state index in [0.717, 1.165) is 25.7 Å². The van der Waals surface area contributed by atoms with E-state index in [2.05, 4.69) is 13.8 Å². The van der Waals surface area contributed by atoms with Crippen molar-refractivity contribution < 1.29 is 44.2 Å². The molecule has 32 heavy (non-hydrogen) atoms. The van der Waals surface area contributed by atoms with Crippen LogP contribution < -0.4 is 9.47 Å². The van der Waals surface area contributed by atoms with E-state index in [1.807, 2.05) is 0 Å². The fourth-order valence-corrected chi connectivity index (χ4v) is 3.42. The van der Waals surface area contributed by atoms with Crippen molar-refractivity contribution in [2.24, 2.45) is 5.92 Å². The maximum absolute atomic E-state index is 12.0. The van der Waals surface area contributed by atoms with Crippen LogP contribution in [0.15, 0.2) is 18.2 Å². The number of ether oxygens (including phenoxy) is 4. The molecule has 0 aliphatic carbocycles. The fraction of sp³-hybridized carbons (Fsp3) is 0.696. The predicted octanol–water partition coefficient (Wildman–Crippen LogP) is 1.52. The molecule has 1 saturated heterocycles. The number of carbonyl (C=O) groups excluding carboxylic acids is 1. The van der Waals surface area contributed by atoms with E-state index in [9.17, 15) is 25.2 Å². The third-order valence-corrected chi connectivity index (χ3v) is 5.38. The molecule has 1 aliphatic rings. The molecule has 0 bridgehead atoms. The number of unbranched alkanes of at least 4 members (excludes halogenated alkanes) is 2. The van der Waals surface area contributed by atoms with E-state index >= 15 is 0 Å². The zero-order chi connectivity index (χ0) is 23.7. The van der Waals surface area contributed by atoms with Gasteiger partial charge < -0.3 is 39.4 Å². The monoisotopic (exact) mass is 456 g/mol. The highest BCUT2D eigenvalue weighted by atomic mass is 16.7. The number of hydrogen-bond donors (Lipinski definition) is 4. The van der Waals surface area contributed by atoms with Crippen LogP contribution in [0.25, 0.3) is 0 Å². The Labute approximate surface area is 188 Å². The number of aliphatic hydroxyl groups is 4. The van der Waals surface area contributed by atoms with Crippen molar-refractivity contribution in [3.05, 3.63) is 23.8 Å². The molecule has 0 amide bonds. The van der Waals surface area contributed by atoms with E-state index in [4.69, 9.17) is 18.9 Å². The number of aliphatic hydroxyl groups excluding tert-OH is 4. The van der Waals surface area contributed by atoms with Gasteiger partial charge in [0, 0.05) is 6.42 Å². The minimum absolute atomic E-state index is 0.0848. The SMILES string of the molecule is COc1cc(COC(=O)CCCCCC(C)C)ccc1OC1O[C@H](CO)[C@@H](O)[C@H](O)[C@H]1O. The Kier molecular flexibility index (Phi) is 10.7. The number of rotatable bonds is 12. The van der Waals surface area contributed by atoms with Crippen LogP contribution in [0, 0.1) is 5.92 Å². The van der Waals surface area contributed by atoms with Gasteiger partial charge in [-0.25, -0.2) is 0 Å².